The average molecular weight is 416 g/mol. The van der Waals surface area contributed by atoms with Crippen LogP contribution in [-0.4, -0.2) is 17.1 Å². The summed E-state index contributed by atoms with van der Waals surface area (Å²) >= 11 is 0. The minimum Gasteiger partial charge on any atom is -0.487 e. The highest BCUT2D eigenvalue weighted by molar-refractivity contribution is 5.83. The Kier molecular flexibility index (Phi) is 5.87. The number of benzene rings is 1. The van der Waals surface area contributed by atoms with E-state index >= 15 is 0 Å². The van der Waals surface area contributed by atoms with Crippen LogP contribution in [0.3, 0.4) is 0 Å². The van der Waals surface area contributed by atoms with Crippen LogP contribution in [0.1, 0.15) is 45.4 Å². The third kappa shape index (κ3) is 3.85. The van der Waals surface area contributed by atoms with Gasteiger partial charge in [-0.3, -0.25) is 4.98 Å². The normalized spacial score (nSPS) is 28.0. The van der Waals surface area contributed by atoms with Gasteiger partial charge in [-0.05, 0) is 73.1 Å². The van der Waals surface area contributed by atoms with Gasteiger partial charge in [0.15, 0.2) is 17.4 Å². The largest absolute Gasteiger partial charge is 0.487 e. The Hall–Kier alpha value is -2.34. The van der Waals surface area contributed by atoms with Crippen LogP contribution in [0.2, 0.25) is 0 Å². The van der Waals surface area contributed by atoms with E-state index in [1.54, 1.807) is 24.5 Å². The summed E-state index contributed by atoms with van der Waals surface area (Å²) < 4.78 is 48.0. The van der Waals surface area contributed by atoms with E-state index in [0.717, 1.165) is 30.0 Å². The van der Waals surface area contributed by atoms with Gasteiger partial charge in [0.2, 0.25) is 0 Å². The van der Waals surface area contributed by atoms with Crippen molar-refractivity contribution < 1.29 is 17.9 Å². The highest BCUT2D eigenvalue weighted by atomic mass is 19.2. The van der Waals surface area contributed by atoms with E-state index in [9.17, 15) is 13.2 Å². The lowest BCUT2D eigenvalue weighted by Crippen LogP contribution is -2.50. The summed E-state index contributed by atoms with van der Waals surface area (Å²) in [7, 11) is 0. The van der Waals surface area contributed by atoms with E-state index in [-0.39, 0.29) is 35.6 Å². The van der Waals surface area contributed by atoms with Crippen LogP contribution in [0, 0.1) is 17.2 Å². The fourth-order valence-corrected chi connectivity index (χ4v) is 5.07. The second-order valence-corrected chi connectivity index (χ2v) is 8.49. The van der Waals surface area contributed by atoms with Crippen LogP contribution in [0.25, 0.3) is 10.8 Å². The third-order valence-corrected chi connectivity index (χ3v) is 6.90. The van der Waals surface area contributed by atoms with Crippen molar-refractivity contribution in [2.75, 3.05) is 0 Å². The van der Waals surface area contributed by atoms with E-state index in [1.807, 2.05) is 13.0 Å². The van der Waals surface area contributed by atoms with Crippen molar-refractivity contribution in [2.24, 2.45) is 17.1 Å². The molecule has 6 heteroatoms. The lowest BCUT2D eigenvalue weighted by atomic mass is 9.59. The van der Waals surface area contributed by atoms with Crippen LogP contribution in [-0.2, 0) is 0 Å². The first-order chi connectivity index (χ1) is 14.4. The Bertz CT molecular complexity index is 980. The topological polar surface area (TPSA) is 48.1 Å². The van der Waals surface area contributed by atoms with Crippen molar-refractivity contribution in [3.05, 3.63) is 60.2 Å². The molecule has 0 spiro atoms. The molecule has 4 rings (SSSR count). The van der Waals surface area contributed by atoms with Gasteiger partial charge < -0.3 is 10.5 Å². The van der Waals surface area contributed by atoms with Gasteiger partial charge in [0, 0.05) is 30.2 Å². The molecule has 1 aromatic heterocycles. The summed E-state index contributed by atoms with van der Waals surface area (Å²) in [6, 6.07) is 4.85. The predicted molar refractivity (Wildman–Crippen MR) is 112 cm³/mol. The summed E-state index contributed by atoms with van der Waals surface area (Å²) in [5, 5.41) is 1.60. The Balaban J connectivity index is 1.50. The molecule has 2 N–H and O–H groups in total. The van der Waals surface area contributed by atoms with Crippen LogP contribution < -0.4 is 10.5 Å². The Morgan fingerprint density at radius 3 is 2.67 bits per heavy atom. The van der Waals surface area contributed by atoms with E-state index < -0.39 is 17.5 Å². The number of allylic oxidation sites excluding steroid dienone is 4. The number of aromatic nitrogens is 1. The molecule has 160 valence electrons. The number of nitrogens with zero attached hydrogens (tertiary/aromatic N) is 1. The molecule has 1 saturated carbocycles. The van der Waals surface area contributed by atoms with E-state index in [1.165, 1.54) is 12.1 Å². The molecule has 1 heterocycles. The third-order valence-electron chi connectivity index (χ3n) is 6.90. The molecule has 30 heavy (non-hydrogen) atoms. The second-order valence-electron chi connectivity index (χ2n) is 8.49. The molecule has 2 aliphatic carbocycles. The fourth-order valence-electron chi connectivity index (χ4n) is 5.07. The van der Waals surface area contributed by atoms with Gasteiger partial charge in [0.05, 0.1) is 6.10 Å². The predicted octanol–water partition coefficient (Wildman–Crippen LogP) is 6.15. The van der Waals surface area contributed by atoms with Crippen molar-refractivity contribution in [3.63, 3.8) is 0 Å². The Morgan fingerprint density at radius 2 is 1.97 bits per heavy atom. The van der Waals surface area contributed by atoms with Crippen LogP contribution in [0.15, 0.2) is 54.4 Å². The first kappa shape index (κ1) is 20.9. The Labute approximate surface area is 174 Å². The zero-order valence-electron chi connectivity index (χ0n) is 17.1. The molecule has 0 amide bonds. The SMILES string of the molecule is CCC(N)C1(C2C=CC(F)=C(F)C2)CCC(Oc2cc3ccncc3cc2F)CC1. The van der Waals surface area contributed by atoms with Crippen molar-refractivity contribution in [1.82, 2.24) is 4.98 Å². The lowest BCUT2D eigenvalue weighted by molar-refractivity contribution is 0.0253. The van der Waals surface area contributed by atoms with Crippen molar-refractivity contribution in [2.45, 2.75) is 57.6 Å². The van der Waals surface area contributed by atoms with Gasteiger partial charge in [0.25, 0.3) is 0 Å². The molecule has 0 radical (unpaired) electrons. The number of halogens is 3. The minimum absolute atomic E-state index is 0.0505. The van der Waals surface area contributed by atoms with Crippen LogP contribution >= 0.6 is 0 Å². The molecule has 2 aromatic rings. The summed E-state index contributed by atoms with van der Waals surface area (Å²) in [6.07, 6.45) is 9.82. The Morgan fingerprint density at radius 1 is 1.20 bits per heavy atom. The molecular weight excluding hydrogens is 389 g/mol. The first-order valence-electron chi connectivity index (χ1n) is 10.6. The number of pyridine rings is 1. The highest BCUT2D eigenvalue weighted by Crippen LogP contribution is 2.50. The van der Waals surface area contributed by atoms with Crippen molar-refractivity contribution in [1.29, 1.82) is 0 Å². The summed E-state index contributed by atoms with van der Waals surface area (Å²) in [5.41, 5.74) is 6.20. The summed E-state index contributed by atoms with van der Waals surface area (Å²) in [4.78, 5) is 4.02. The molecule has 0 aliphatic heterocycles. The van der Waals surface area contributed by atoms with Gasteiger partial charge in [-0.2, -0.15) is 0 Å². The molecule has 2 unspecified atom stereocenters. The van der Waals surface area contributed by atoms with Crippen molar-refractivity contribution in [3.8, 4) is 5.75 Å². The smallest absolute Gasteiger partial charge is 0.165 e. The maximum absolute atomic E-state index is 14.5. The summed E-state index contributed by atoms with van der Waals surface area (Å²) in [6.45, 7) is 2.02. The molecule has 1 aromatic carbocycles. The lowest BCUT2D eigenvalue weighted by Gasteiger charge is -2.48. The van der Waals surface area contributed by atoms with Gasteiger partial charge in [0.1, 0.15) is 5.83 Å². The number of hydrogen-bond donors (Lipinski definition) is 1. The first-order valence-corrected chi connectivity index (χ1v) is 10.6. The quantitative estimate of drug-likeness (QED) is 0.636. The van der Waals surface area contributed by atoms with Gasteiger partial charge in [-0.1, -0.05) is 13.0 Å². The number of rotatable bonds is 5. The van der Waals surface area contributed by atoms with Gasteiger partial charge >= 0.3 is 0 Å². The zero-order valence-corrected chi connectivity index (χ0v) is 17.1. The minimum atomic E-state index is -0.787. The molecule has 0 saturated heterocycles. The maximum atomic E-state index is 14.5. The van der Waals surface area contributed by atoms with Gasteiger partial charge in [-0.25, -0.2) is 13.2 Å². The van der Waals surface area contributed by atoms with E-state index in [0.29, 0.717) is 12.8 Å². The van der Waals surface area contributed by atoms with E-state index in [2.05, 4.69) is 4.98 Å². The molecule has 3 nitrogen and oxygen atoms in total. The number of nitrogens with two attached hydrogens (primary N) is 1. The van der Waals surface area contributed by atoms with Gasteiger partial charge in [-0.15, -0.1) is 0 Å². The molecule has 0 bridgehead atoms. The van der Waals surface area contributed by atoms with Crippen molar-refractivity contribution >= 4 is 10.8 Å². The fraction of sp³-hybridized carbons (Fsp3) is 0.458. The molecule has 1 fully saturated rings. The monoisotopic (exact) mass is 416 g/mol. The molecule has 2 aliphatic rings. The standard InChI is InChI=1S/C24H27F3N2O/c1-2-23(28)24(17-3-4-19(25)20(26)13-17)8-5-18(6-9-24)30-22-12-15-7-10-29-14-16(15)11-21(22)27/h3-4,7,10-12,14,17-18,23H,2,5-6,8-9,13,28H2,1H3. The number of hydrogen-bond acceptors (Lipinski definition) is 3. The summed E-state index contributed by atoms with van der Waals surface area (Å²) in [5.74, 6) is -1.80. The molecule has 2 atom stereocenters. The molecular formula is C24H27F3N2O. The number of ether oxygens (including phenoxy) is 1. The average Bonchev–Trinajstić information content (AvgIpc) is 2.76. The van der Waals surface area contributed by atoms with Crippen LogP contribution in [0.5, 0.6) is 5.75 Å². The highest BCUT2D eigenvalue weighted by Gasteiger charge is 2.46. The zero-order chi connectivity index (χ0) is 21.3. The van der Waals surface area contributed by atoms with E-state index in [4.69, 9.17) is 10.5 Å². The number of fused-ring (bicyclic) bond motifs is 1. The maximum Gasteiger partial charge on any atom is 0.165 e. The van der Waals surface area contributed by atoms with Crippen LogP contribution in [0.4, 0.5) is 13.2 Å². The second kappa shape index (κ2) is 8.42.